The van der Waals surface area contributed by atoms with E-state index in [0.717, 1.165) is 57.9 Å². The molecule has 0 radical (unpaired) electrons. The van der Waals surface area contributed by atoms with Gasteiger partial charge < -0.3 is 21.5 Å². The van der Waals surface area contributed by atoms with Crippen LogP contribution in [0.5, 0.6) is 5.75 Å². The first-order valence-electron chi connectivity index (χ1n) is 10.3. The van der Waals surface area contributed by atoms with Crippen molar-refractivity contribution < 1.29 is 4.74 Å². The summed E-state index contributed by atoms with van der Waals surface area (Å²) < 4.78 is 5.51. The number of nitrogens with one attached hydrogen (secondary N) is 1. The van der Waals surface area contributed by atoms with Gasteiger partial charge in [-0.05, 0) is 30.5 Å². The molecule has 1 aromatic heterocycles. The smallest absolute Gasteiger partial charge is 0.227 e. The zero-order chi connectivity index (χ0) is 22.7. The monoisotopic (exact) mass is 426 g/mol. The number of anilines is 2. The minimum Gasteiger partial charge on any atom is -0.495 e. The first-order valence-corrected chi connectivity index (χ1v) is 10.3. The Morgan fingerprint density at radius 2 is 1.91 bits per heavy atom. The Kier molecular flexibility index (Phi) is 5.89. The predicted molar refractivity (Wildman–Crippen MR) is 130 cm³/mol. The molecule has 4 rings (SSSR count). The Hall–Kier alpha value is -4.13. The lowest BCUT2D eigenvalue weighted by atomic mass is 9.88. The van der Waals surface area contributed by atoms with Crippen LogP contribution in [-0.4, -0.2) is 29.8 Å². The normalized spacial score (nSPS) is 13.5. The van der Waals surface area contributed by atoms with Crippen molar-refractivity contribution >= 4 is 28.6 Å². The lowest BCUT2D eigenvalue weighted by Crippen LogP contribution is -2.20. The van der Waals surface area contributed by atoms with E-state index in [-0.39, 0.29) is 0 Å². The van der Waals surface area contributed by atoms with Crippen molar-refractivity contribution in [3.05, 3.63) is 89.4 Å². The van der Waals surface area contributed by atoms with Gasteiger partial charge in [-0.25, -0.2) is 9.97 Å². The van der Waals surface area contributed by atoms with Crippen molar-refractivity contribution in [2.75, 3.05) is 19.5 Å². The second kappa shape index (κ2) is 8.93. The van der Waals surface area contributed by atoms with Crippen molar-refractivity contribution in [1.82, 2.24) is 9.97 Å². The van der Waals surface area contributed by atoms with Crippen LogP contribution in [0.3, 0.4) is 0 Å². The zero-order valence-electron chi connectivity index (χ0n) is 18.2. The van der Waals surface area contributed by atoms with Gasteiger partial charge in [0.1, 0.15) is 5.75 Å². The van der Waals surface area contributed by atoms with Crippen molar-refractivity contribution in [3.8, 4) is 5.75 Å². The standard InChI is InChI=1S/C25H26N6O/c1-15(26)17-10-12-20(21(13-17)32-3)30-25-29-14-18-9-11-19(27)22(24(18)31-25)23(28-2)16-7-5-4-6-8-16/h4-8,10,12-14H,1,9,11,26-27H2,2-3H3,(H,29,30,31). The number of allylic oxidation sites excluding steroid dienone is 2. The van der Waals surface area contributed by atoms with E-state index in [1.54, 1.807) is 14.2 Å². The predicted octanol–water partition coefficient (Wildman–Crippen LogP) is 3.89. The molecule has 0 spiro atoms. The summed E-state index contributed by atoms with van der Waals surface area (Å²) in [5.41, 5.74) is 19.5. The minimum atomic E-state index is 0.442. The molecule has 2 aromatic carbocycles. The maximum atomic E-state index is 6.48. The SMILES string of the molecule is C=C(N)c1ccc(Nc2ncc3c(n2)C(C(=NC)c2ccccc2)=C(N)CC3)c(OC)c1. The number of hydrogen-bond donors (Lipinski definition) is 3. The third kappa shape index (κ3) is 4.05. The van der Waals surface area contributed by atoms with Gasteiger partial charge in [-0.15, -0.1) is 0 Å². The Balaban J connectivity index is 1.74. The van der Waals surface area contributed by atoms with Crippen LogP contribution >= 0.6 is 0 Å². The Morgan fingerprint density at radius 1 is 1.12 bits per heavy atom. The molecule has 5 N–H and O–H groups in total. The molecule has 0 aliphatic heterocycles. The van der Waals surface area contributed by atoms with Crippen molar-refractivity contribution in [2.24, 2.45) is 16.5 Å². The van der Waals surface area contributed by atoms with E-state index >= 15 is 0 Å². The third-order valence-electron chi connectivity index (χ3n) is 5.41. The molecule has 0 saturated carbocycles. The van der Waals surface area contributed by atoms with Crippen LogP contribution in [-0.2, 0) is 6.42 Å². The fourth-order valence-corrected chi connectivity index (χ4v) is 3.77. The fraction of sp³-hybridized carbons (Fsp3) is 0.160. The number of benzene rings is 2. The highest BCUT2D eigenvalue weighted by atomic mass is 16.5. The Morgan fingerprint density at radius 3 is 2.59 bits per heavy atom. The van der Waals surface area contributed by atoms with Gasteiger partial charge >= 0.3 is 0 Å². The second-order valence-corrected chi connectivity index (χ2v) is 7.47. The molecule has 0 saturated heterocycles. The summed E-state index contributed by atoms with van der Waals surface area (Å²) in [6, 6.07) is 15.6. The number of aromatic nitrogens is 2. The molecule has 0 atom stereocenters. The van der Waals surface area contributed by atoms with E-state index in [4.69, 9.17) is 21.2 Å². The molecular formula is C25H26N6O. The van der Waals surface area contributed by atoms with Gasteiger partial charge in [0.25, 0.3) is 0 Å². The van der Waals surface area contributed by atoms with Gasteiger partial charge in [0.15, 0.2) is 0 Å². The molecule has 3 aromatic rings. The molecule has 7 nitrogen and oxygen atoms in total. The number of fused-ring (bicyclic) bond motifs is 1. The molecule has 0 amide bonds. The van der Waals surface area contributed by atoms with Crippen LogP contribution < -0.4 is 21.5 Å². The number of nitrogens with two attached hydrogens (primary N) is 2. The fourth-order valence-electron chi connectivity index (χ4n) is 3.77. The zero-order valence-corrected chi connectivity index (χ0v) is 18.2. The first-order chi connectivity index (χ1) is 15.5. The summed E-state index contributed by atoms with van der Waals surface area (Å²) in [4.78, 5) is 13.9. The molecule has 7 heteroatoms. The van der Waals surface area contributed by atoms with Gasteiger partial charge in [-0.3, -0.25) is 4.99 Å². The highest BCUT2D eigenvalue weighted by Crippen LogP contribution is 2.33. The van der Waals surface area contributed by atoms with E-state index in [1.807, 2.05) is 54.7 Å². The lowest BCUT2D eigenvalue weighted by Gasteiger charge is -2.22. The number of hydrogen-bond acceptors (Lipinski definition) is 7. The van der Waals surface area contributed by atoms with Crippen LogP contribution in [0.1, 0.15) is 28.8 Å². The van der Waals surface area contributed by atoms with Gasteiger partial charge in [-0.1, -0.05) is 43.0 Å². The first kappa shape index (κ1) is 21.1. The number of ether oxygens (including phenoxy) is 1. The summed E-state index contributed by atoms with van der Waals surface area (Å²) in [6.07, 6.45) is 3.37. The van der Waals surface area contributed by atoms with Gasteiger partial charge in [0.2, 0.25) is 5.95 Å². The van der Waals surface area contributed by atoms with Gasteiger partial charge in [-0.2, -0.15) is 0 Å². The van der Waals surface area contributed by atoms with Crippen molar-refractivity contribution in [1.29, 1.82) is 0 Å². The molecule has 1 aliphatic carbocycles. The number of aryl methyl sites for hydroxylation is 1. The van der Waals surface area contributed by atoms with Crippen LogP contribution in [0.15, 0.2) is 72.0 Å². The quantitative estimate of drug-likeness (QED) is 0.516. The highest BCUT2D eigenvalue weighted by molar-refractivity contribution is 6.32. The Bertz CT molecular complexity index is 1230. The molecular weight excluding hydrogens is 400 g/mol. The minimum absolute atomic E-state index is 0.442. The van der Waals surface area contributed by atoms with Crippen LogP contribution in [0.25, 0.3) is 11.3 Å². The Labute approximate surface area is 187 Å². The van der Waals surface area contributed by atoms with E-state index < -0.39 is 0 Å². The second-order valence-electron chi connectivity index (χ2n) is 7.47. The molecule has 1 heterocycles. The molecule has 0 bridgehead atoms. The van der Waals surface area contributed by atoms with E-state index in [2.05, 4.69) is 21.9 Å². The summed E-state index contributed by atoms with van der Waals surface area (Å²) in [5.74, 6) is 1.06. The number of rotatable bonds is 6. The van der Waals surface area contributed by atoms with Crippen molar-refractivity contribution in [2.45, 2.75) is 12.8 Å². The molecule has 0 unspecified atom stereocenters. The van der Waals surface area contributed by atoms with Gasteiger partial charge in [0, 0.05) is 41.3 Å². The average molecular weight is 427 g/mol. The number of methoxy groups -OCH3 is 1. The largest absolute Gasteiger partial charge is 0.495 e. The maximum Gasteiger partial charge on any atom is 0.227 e. The maximum absolute atomic E-state index is 6.48. The molecule has 32 heavy (non-hydrogen) atoms. The van der Waals surface area contributed by atoms with Crippen molar-refractivity contribution in [3.63, 3.8) is 0 Å². The molecule has 1 aliphatic rings. The van der Waals surface area contributed by atoms with Gasteiger partial charge in [0.05, 0.1) is 24.2 Å². The molecule has 0 fully saturated rings. The van der Waals surface area contributed by atoms with Crippen LogP contribution in [0.4, 0.5) is 11.6 Å². The summed E-state index contributed by atoms with van der Waals surface area (Å²) in [7, 11) is 3.37. The summed E-state index contributed by atoms with van der Waals surface area (Å²) in [6.45, 7) is 3.78. The number of aliphatic imine (C=N–C) groups is 1. The summed E-state index contributed by atoms with van der Waals surface area (Å²) >= 11 is 0. The topological polar surface area (TPSA) is 111 Å². The molecule has 162 valence electrons. The third-order valence-corrected chi connectivity index (χ3v) is 5.41. The van der Waals surface area contributed by atoms with Crippen LogP contribution in [0, 0.1) is 0 Å². The van der Waals surface area contributed by atoms with Crippen LogP contribution in [0.2, 0.25) is 0 Å². The lowest BCUT2D eigenvalue weighted by molar-refractivity contribution is 0.416. The summed E-state index contributed by atoms with van der Waals surface area (Å²) in [5, 5.41) is 3.25. The number of nitrogens with zero attached hydrogens (tertiary/aromatic N) is 3. The van der Waals surface area contributed by atoms with E-state index in [9.17, 15) is 0 Å². The highest BCUT2D eigenvalue weighted by Gasteiger charge is 2.25. The van der Waals surface area contributed by atoms with E-state index in [1.165, 1.54) is 0 Å². The van der Waals surface area contributed by atoms with E-state index in [0.29, 0.717) is 17.4 Å². The average Bonchev–Trinajstić information content (AvgIpc) is 2.81.